The molecule has 5 heteroatoms. The third-order valence-electron chi connectivity index (χ3n) is 4.09. The molecule has 0 atom stereocenters. The van der Waals surface area contributed by atoms with Crippen LogP contribution in [0.2, 0.25) is 5.15 Å². The Morgan fingerprint density at radius 1 is 1.35 bits per heavy atom. The highest BCUT2D eigenvalue weighted by Crippen LogP contribution is 2.36. The standard InChI is InChI=1S/C15H21ClN2O2/c1-15(2,3)10-6-8-18(9-7-10)13-11(14(19)20)4-5-12(16)17-13/h4-5,10H,6-9H2,1-3H3,(H,19,20). The summed E-state index contributed by atoms with van der Waals surface area (Å²) in [4.78, 5) is 17.5. The van der Waals surface area contributed by atoms with Gasteiger partial charge < -0.3 is 10.0 Å². The van der Waals surface area contributed by atoms with Crippen molar-refractivity contribution in [3.05, 3.63) is 22.8 Å². The average Bonchev–Trinajstić information content (AvgIpc) is 2.37. The Hall–Kier alpha value is -1.29. The second kappa shape index (κ2) is 5.60. The summed E-state index contributed by atoms with van der Waals surface area (Å²) in [6.07, 6.45) is 2.10. The fourth-order valence-electron chi connectivity index (χ4n) is 2.79. The molecule has 2 rings (SSSR count). The zero-order valence-electron chi connectivity index (χ0n) is 12.2. The van der Waals surface area contributed by atoms with Gasteiger partial charge in [0.2, 0.25) is 0 Å². The summed E-state index contributed by atoms with van der Waals surface area (Å²) < 4.78 is 0. The molecule has 0 bridgehead atoms. The highest BCUT2D eigenvalue weighted by Gasteiger charge is 2.30. The van der Waals surface area contributed by atoms with Crippen molar-refractivity contribution in [1.82, 2.24) is 4.98 Å². The molecular weight excluding hydrogens is 276 g/mol. The SMILES string of the molecule is CC(C)(C)C1CCN(c2nc(Cl)ccc2C(=O)O)CC1. The molecular formula is C15H21ClN2O2. The first-order valence-electron chi connectivity index (χ1n) is 6.94. The summed E-state index contributed by atoms with van der Waals surface area (Å²) >= 11 is 5.91. The van der Waals surface area contributed by atoms with Crippen molar-refractivity contribution in [1.29, 1.82) is 0 Å². The molecule has 0 amide bonds. The van der Waals surface area contributed by atoms with Crippen molar-refractivity contribution in [2.75, 3.05) is 18.0 Å². The summed E-state index contributed by atoms with van der Waals surface area (Å²) in [5, 5.41) is 9.59. The predicted molar refractivity (Wildman–Crippen MR) is 80.6 cm³/mol. The Bertz CT molecular complexity index is 503. The lowest BCUT2D eigenvalue weighted by molar-refractivity contribution is 0.0697. The van der Waals surface area contributed by atoms with E-state index in [1.165, 1.54) is 12.1 Å². The van der Waals surface area contributed by atoms with Crippen LogP contribution in [0.3, 0.4) is 0 Å². The molecule has 1 aliphatic heterocycles. The van der Waals surface area contributed by atoms with Crippen LogP contribution in [0.4, 0.5) is 5.82 Å². The first-order chi connectivity index (χ1) is 9.29. The molecule has 0 unspecified atom stereocenters. The maximum absolute atomic E-state index is 11.3. The van der Waals surface area contributed by atoms with Gasteiger partial charge in [-0.25, -0.2) is 9.78 Å². The second-order valence-corrected chi connectivity index (χ2v) is 6.82. The molecule has 1 N–H and O–H groups in total. The molecule has 1 saturated heterocycles. The molecule has 20 heavy (non-hydrogen) atoms. The van der Waals surface area contributed by atoms with Gasteiger partial charge in [0, 0.05) is 13.1 Å². The molecule has 1 aliphatic rings. The summed E-state index contributed by atoms with van der Waals surface area (Å²) in [6.45, 7) is 8.43. The van der Waals surface area contributed by atoms with Crippen LogP contribution in [0.1, 0.15) is 44.0 Å². The lowest BCUT2D eigenvalue weighted by Crippen LogP contribution is -2.39. The zero-order valence-corrected chi connectivity index (χ0v) is 12.9. The van der Waals surface area contributed by atoms with Crippen LogP contribution in [-0.4, -0.2) is 29.1 Å². The van der Waals surface area contributed by atoms with Crippen LogP contribution in [0.5, 0.6) is 0 Å². The number of anilines is 1. The maximum atomic E-state index is 11.3. The molecule has 0 spiro atoms. The van der Waals surface area contributed by atoms with Crippen LogP contribution in [0, 0.1) is 11.3 Å². The van der Waals surface area contributed by atoms with E-state index >= 15 is 0 Å². The van der Waals surface area contributed by atoms with E-state index in [-0.39, 0.29) is 5.56 Å². The van der Waals surface area contributed by atoms with Crippen molar-refractivity contribution in [3.63, 3.8) is 0 Å². The van der Waals surface area contributed by atoms with Crippen LogP contribution < -0.4 is 4.90 Å². The number of hydrogen-bond acceptors (Lipinski definition) is 3. The largest absolute Gasteiger partial charge is 0.478 e. The van der Waals surface area contributed by atoms with Crippen LogP contribution in [-0.2, 0) is 0 Å². The minimum absolute atomic E-state index is 0.226. The Kier molecular flexibility index (Phi) is 4.23. The van der Waals surface area contributed by atoms with Gasteiger partial charge in [-0.3, -0.25) is 0 Å². The van der Waals surface area contributed by atoms with Gasteiger partial charge in [0.15, 0.2) is 0 Å². The Balaban J connectivity index is 2.18. The molecule has 110 valence electrons. The van der Waals surface area contributed by atoms with Crippen molar-refractivity contribution >= 4 is 23.4 Å². The van der Waals surface area contributed by atoms with Crippen LogP contribution >= 0.6 is 11.6 Å². The number of halogens is 1. The van der Waals surface area contributed by atoms with Crippen molar-refractivity contribution in [2.24, 2.45) is 11.3 Å². The fraction of sp³-hybridized carbons (Fsp3) is 0.600. The molecule has 1 aromatic heterocycles. The topological polar surface area (TPSA) is 53.4 Å². The monoisotopic (exact) mass is 296 g/mol. The summed E-state index contributed by atoms with van der Waals surface area (Å²) in [5.74, 6) is 0.200. The number of aromatic carboxylic acids is 1. The van der Waals surface area contributed by atoms with Gasteiger partial charge >= 0.3 is 5.97 Å². The first kappa shape index (κ1) is 15.1. The van der Waals surface area contributed by atoms with E-state index in [0.29, 0.717) is 22.3 Å². The number of carboxylic acid groups (broad SMARTS) is 1. The number of pyridine rings is 1. The number of carboxylic acids is 1. The molecule has 1 aromatic rings. The Labute approximate surface area is 124 Å². The molecule has 4 nitrogen and oxygen atoms in total. The van der Waals surface area contributed by atoms with Crippen LogP contribution in [0.15, 0.2) is 12.1 Å². The van der Waals surface area contributed by atoms with E-state index in [0.717, 1.165) is 25.9 Å². The van der Waals surface area contributed by atoms with Gasteiger partial charge in [-0.05, 0) is 36.3 Å². The van der Waals surface area contributed by atoms with Gasteiger partial charge in [-0.1, -0.05) is 32.4 Å². The van der Waals surface area contributed by atoms with Crippen molar-refractivity contribution in [3.8, 4) is 0 Å². The predicted octanol–water partition coefficient (Wildman–Crippen LogP) is 3.70. The number of piperidine rings is 1. The smallest absolute Gasteiger partial charge is 0.339 e. The Morgan fingerprint density at radius 3 is 2.45 bits per heavy atom. The highest BCUT2D eigenvalue weighted by atomic mass is 35.5. The summed E-state index contributed by atoms with van der Waals surface area (Å²) in [7, 11) is 0. The third-order valence-corrected chi connectivity index (χ3v) is 4.30. The highest BCUT2D eigenvalue weighted by molar-refractivity contribution is 6.29. The normalized spacial score (nSPS) is 17.3. The van der Waals surface area contributed by atoms with E-state index in [9.17, 15) is 9.90 Å². The lowest BCUT2D eigenvalue weighted by Gasteiger charge is -2.39. The van der Waals surface area contributed by atoms with E-state index in [2.05, 4.69) is 25.8 Å². The van der Waals surface area contributed by atoms with Gasteiger partial charge in [0.1, 0.15) is 16.5 Å². The average molecular weight is 297 g/mol. The minimum Gasteiger partial charge on any atom is -0.478 e. The van der Waals surface area contributed by atoms with Gasteiger partial charge in [-0.15, -0.1) is 0 Å². The molecule has 1 fully saturated rings. The molecule has 2 heterocycles. The van der Waals surface area contributed by atoms with Crippen molar-refractivity contribution < 1.29 is 9.90 Å². The summed E-state index contributed by atoms with van der Waals surface area (Å²) in [6, 6.07) is 3.05. The van der Waals surface area contributed by atoms with E-state index in [4.69, 9.17) is 11.6 Å². The summed E-state index contributed by atoms with van der Waals surface area (Å²) in [5.41, 5.74) is 0.521. The quantitative estimate of drug-likeness (QED) is 0.846. The van der Waals surface area contributed by atoms with Crippen molar-refractivity contribution in [2.45, 2.75) is 33.6 Å². The Morgan fingerprint density at radius 2 is 1.95 bits per heavy atom. The molecule has 0 aromatic carbocycles. The van der Waals surface area contributed by atoms with Gasteiger partial charge in [-0.2, -0.15) is 0 Å². The van der Waals surface area contributed by atoms with Gasteiger partial charge in [0.25, 0.3) is 0 Å². The van der Waals surface area contributed by atoms with E-state index in [1.807, 2.05) is 4.90 Å². The van der Waals surface area contributed by atoms with E-state index < -0.39 is 5.97 Å². The minimum atomic E-state index is -0.956. The van der Waals surface area contributed by atoms with Crippen LogP contribution in [0.25, 0.3) is 0 Å². The number of rotatable bonds is 2. The third kappa shape index (κ3) is 3.23. The number of aromatic nitrogens is 1. The first-order valence-corrected chi connectivity index (χ1v) is 7.31. The number of carbonyl (C=O) groups is 1. The second-order valence-electron chi connectivity index (χ2n) is 6.44. The molecule has 0 radical (unpaired) electrons. The van der Waals surface area contributed by atoms with E-state index in [1.54, 1.807) is 0 Å². The molecule has 0 aliphatic carbocycles. The maximum Gasteiger partial charge on any atom is 0.339 e. The number of nitrogens with zero attached hydrogens (tertiary/aromatic N) is 2. The fourth-order valence-corrected chi connectivity index (χ4v) is 2.93. The zero-order chi connectivity index (χ0) is 14.9. The number of hydrogen-bond donors (Lipinski definition) is 1. The van der Waals surface area contributed by atoms with Gasteiger partial charge in [0.05, 0.1) is 0 Å². The molecule has 0 saturated carbocycles. The lowest BCUT2D eigenvalue weighted by atomic mass is 9.75.